The Bertz CT molecular complexity index is 615. The number of aryl methyl sites for hydroxylation is 1. The molecule has 0 aromatic heterocycles. The van der Waals surface area contributed by atoms with Gasteiger partial charge in [0.2, 0.25) is 0 Å². The first kappa shape index (κ1) is 15.4. The van der Waals surface area contributed by atoms with Crippen LogP contribution in [-0.4, -0.2) is 14.2 Å². The van der Waals surface area contributed by atoms with Gasteiger partial charge in [0, 0.05) is 15.1 Å². The first-order chi connectivity index (χ1) is 9.56. The van der Waals surface area contributed by atoms with Crippen molar-refractivity contribution in [1.29, 1.82) is 0 Å². The molecule has 1 atom stereocenters. The number of hydrogen-bond acceptors (Lipinski definition) is 2. The Morgan fingerprint density at radius 3 is 2.55 bits per heavy atom. The maximum atomic E-state index is 6.35. The number of hydrogen-bond donors (Lipinski definition) is 1. The quantitative estimate of drug-likeness (QED) is 0.857. The van der Waals surface area contributed by atoms with Crippen LogP contribution in [0.3, 0.4) is 0 Å². The maximum absolute atomic E-state index is 6.35. The standard InChI is InChI=1S/C16H17BrClNO/c1-10-4-7-15(20-3)13(8-10)16(19-2)12-9-11(17)5-6-14(12)18/h4-9,16,19H,1-3H3. The second kappa shape index (κ2) is 6.61. The van der Waals surface area contributed by atoms with Crippen LogP contribution in [0, 0.1) is 6.92 Å². The molecule has 0 bridgehead atoms. The van der Waals surface area contributed by atoms with Gasteiger partial charge < -0.3 is 10.1 Å². The average Bonchev–Trinajstić information content (AvgIpc) is 2.44. The van der Waals surface area contributed by atoms with Gasteiger partial charge in [0.25, 0.3) is 0 Å². The van der Waals surface area contributed by atoms with Crippen LogP contribution in [0.2, 0.25) is 5.02 Å². The van der Waals surface area contributed by atoms with E-state index in [4.69, 9.17) is 16.3 Å². The highest BCUT2D eigenvalue weighted by molar-refractivity contribution is 9.10. The van der Waals surface area contributed by atoms with E-state index in [0.717, 1.165) is 26.4 Å². The lowest BCUT2D eigenvalue weighted by Crippen LogP contribution is -2.19. The zero-order valence-electron chi connectivity index (χ0n) is 11.7. The molecule has 0 radical (unpaired) electrons. The summed E-state index contributed by atoms with van der Waals surface area (Å²) in [6.45, 7) is 2.07. The molecule has 0 heterocycles. The topological polar surface area (TPSA) is 21.3 Å². The number of nitrogens with one attached hydrogen (secondary N) is 1. The summed E-state index contributed by atoms with van der Waals surface area (Å²) < 4.78 is 6.48. The molecule has 0 saturated heterocycles. The van der Waals surface area contributed by atoms with Gasteiger partial charge in [0.15, 0.2) is 0 Å². The van der Waals surface area contributed by atoms with Crippen molar-refractivity contribution >= 4 is 27.5 Å². The fraction of sp³-hybridized carbons (Fsp3) is 0.250. The van der Waals surface area contributed by atoms with Crippen LogP contribution in [-0.2, 0) is 0 Å². The van der Waals surface area contributed by atoms with E-state index in [2.05, 4.69) is 34.2 Å². The minimum absolute atomic E-state index is 0.0187. The van der Waals surface area contributed by atoms with Crippen LogP contribution >= 0.6 is 27.5 Å². The second-order valence-corrected chi connectivity index (χ2v) is 5.96. The minimum Gasteiger partial charge on any atom is -0.496 e. The lowest BCUT2D eigenvalue weighted by Gasteiger charge is -2.21. The Labute approximate surface area is 133 Å². The smallest absolute Gasteiger partial charge is 0.124 e. The fourth-order valence-corrected chi connectivity index (χ4v) is 2.90. The number of benzene rings is 2. The molecule has 0 aliphatic heterocycles. The predicted molar refractivity (Wildman–Crippen MR) is 87.8 cm³/mol. The Morgan fingerprint density at radius 1 is 1.15 bits per heavy atom. The third-order valence-electron chi connectivity index (χ3n) is 3.25. The van der Waals surface area contributed by atoms with Gasteiger partial charge in [0.1, 0.15) is 5.75 Å². The van der Waals surface area contributed by atoms with Crippen LogP contribution < -0.4 is 10.1 Å². The molecule has 0 aliphatic carbocycles. The number of ether oxygens (including phenoxy) is 1. The summed E-state index contributed by atoms with van der Waals surface area (Å²) in [5.74, 6) is 0.853. The molecule has 0 amide bonds. The van der Waals surface area contributed by atoms with Crippen molar-refractivity contribution in [1.82, 2.24) is 5.32 Å². The molecule has 0 saturated carbocycles. The van der Waals surface area contributed by atoms with Gasteiger partial charge in [-0.2, -0.15) is 0 Å². The van der Waals surface area contributed by atoms with Crippen molar-refractivity contribution in [3.8, 4) is 5.75 Å². The number of rotatable bonds is 4. The van der Waals surface area contributed by atoms with E-state index in [1.807, 2.05) is 37.4 Å². The van der Waals surface area contributed by atoms with Crippen molar-refractivity contribution in [2.45, 2.75) is 13.0 Å². The summed E-state index contributed by atoms with van der Waals surface area (Å²) in [6, 6.07) is 12.0. The summed E-state index contributed by atoms with van der Waals surface area (Å²) in [4.78, 5) is 0. The van der Waals surface area contributed by atoms with E-state index in [-0.39, 0.29) is 6.04 Å². The van der Waals surface area contributed by atoms with Gasteiger partial charge >= 0.3 is 0 Å². The van der Waals surface area contributed by atoms with Gasteiger partial charge in [-0.15, -0.1) is 0 Å². The Morgan fingerprint density at radius 2 is 1.90 bits per heavy atom. The number of methoxy groups -OCH3 is 1. The predicted octanol–water partition coefficient (Wildman–Crippen LogP) is 4.73. The first-order valence-corrected chi connectivity index (χ1v) is 7.50. The Kier molecular flexibility index (Phi) is 5.08. The zero-order chi connectivity index (χ0) is 14.7. The molecule has 2 rings (SSSR count). The van der Waals surface area contributed by atoms with Crippen molar-refractivity contribution < 1.29 is 4.74 Å². The summed E-state index contributed by atoms with van der Waals surface area (Å²) in [5.41, 5.74) is 3.29. The molecule has 0 fully saturated rings. The third kappa shape index (κ3) is 3.17. The number of halogens is 2. The monoisotopic (exact) mass is 353 g/mol. The van der Waals surface area contributed by atoms with Crippen LogP contribution in [0.4, 0.5) is 0 Å². The Hall–Kier alpha value is -1.03. The molecule has 0 aliphatic rings. The fourth-order valence-electron chi connectivity index (χ4n) is 2.29. The molecule has 1 unspecified atom stereocenters. The molecule has 2 nitrogen and oxygen atoms in total. The summed E-state index contributed by atoms with van der Waals surface area (Å²) in [6.07, 6.45) is 0. The van der Waals surface area contributed by atoms with E-state index in [0.29, 0.717) is 0 Å². The van der Waals surface area contributed by atoms with Crippen LogP contribution in [0.15, 0.2) is 40.9 Å². The molecule has 106 valence electrons. The molecule has 1 N–H and O–H groups in total. The molecule has 2 aromatic carbocycles. The SMILES string of the molecule is CNC(c1cc(Br)ccc1Cl)c1cc(C)ccc1OC. The zero-order valence-corrected chi connectivity index (χ0v) is 14.0. The van der Waals surface area contributed by atoms with E-state index in [1.165, 1.54) is 5.56 Å². The highest BCUT2D eigenvalue weighted by Crippen LogP contribution is 2.35. The summed E-state index contributed by atoms with van der Waals surface area (Å²) in [7, 11) is 3.60. The minimum atomic E-state index is -0.0187. The van der Waals surface area contributed by atoms with Crippen molar-refractivity contribution in [2.24, 2.45) is 0 Å². The van der Waals surface area contributed by atoms with Crippen molar-refractivity contribution in [2.75, 3.05) is 14.2 Å². The van der Waals surface area contributed by atoms with Crippen molar-refractivity contribution in [3.05, 3.63) is 62.6 Å². The highest BCUT2D eigenvalue weighted by Gasteiger charge is 2.19. The highest BCUT2D eigenvalue weighted by atomic mass is 79.9. The van der Waals surface area contributed by atoms with Crippen LogP contribution in [0.5, 0.6) is 5.75 Å². The van der Waals surface area contributed by atoms with Gasteiger partial charge in [-0.05, 0) is 43.8 Å². The third-order valence-corrected chi connectivity index (χ3v) is 4.09. The largest absolute Gasteiger partial charge is 0.496 e. The molecule has 0 spiro atoms. The van der Waals surface area contributed by atoms with E-state index < -0.39 is 0 Å². The lowest BCUT2D eigenvalue weighted by atomic mass is 9.96. The lowest BCUT2D eigenvalue weighted by molar-refractivity contribution is 0.405. The van der Waals surface area contributed by atoms with Crippen LogP contribution in [0.1, 0.15) is 22.7 Å². The van der Waals surface area contributed by atoms with Crippen molar-refractivity contribution in [3.63, 3.8) is 0 Å². The van der Waals surface area contributed by atoms with Gasteiger partial charge in [-0.25, -0.2) is 0 Å². The molecule has 20 heavy (non-hydrogen) atoms. The van der Waals surface area contributed by atoms with Gasteiger partial charge in [-0.1, -0.05) is 45.2 Å². The first-order valence-electron chi connectivity index (χ1n) is 6.33. The van der Waals surface area contributed by atoms with Gasteiger partial charge in [-0.3, -0.25) is 0 Å². The normalized spacial score (nSPS) is 12.2. The molecule has 2 aromatic rings. The van der Waals surface area contributed by atoms with E-state index >= 15 is 0 Å². The molecular formula is C16H17BrClNO. The van der Waals surface area contributed by atoms with Crippen LogP contribution in [0.25, 0.3) is 0 Å². The van der Waals surface area contributed by atoms with E-state index in [9.17, 15) is 0 Å². The van der Waals surface area contributed by atoms with Gasteiger partial charge in [0.05, 0.1) is 13.2 Å². The summed E-state index contributed by atoms with van der Waals surface area (Å²) in [5, 5.41) is 4.05. The van der Waals surface area contributed by atoms with E-state index in [1.54, 1.807) is 7.11 Å². The second-order valence-electron chi connectivity index (χ2n) is 4.63. The molecule has 4 heteroatoms. The maximum Gasteiger partial charge on any atom is 0.124 e. The summed E-state index contributed by atoms with van der Waals surface area (Å²) >= 11 is 9.85. The average molecular weight is 355 g/mol. The molecular weight excluding hydrogens is 338 g/mol. The Balaban J connectivity index is 2.57.